The highest BCUT2D eigenvalue weighted by atomic mass is 19.4. The molecule has 1 unspecified atom stereocenters. The van der Waals surface area contributed by atoms with E-state index in [-0.39, 0.29) is 5.56 Å². The van der Waals surface area contributed by atoms with Crippen LogP contribution in [-0.4, -0.2) is 43.0 Å². The number of ether oxygens (including phenoxy) is 1. The van der Waals surface area contributed by atoms with Gasteiger partial charge in [-0.1, -0.05) is 25.1 Å². The van der Waals surface area contributed by atoms with Crippen LogP contribution < -0.4 is 0 Å². The van der Waals surface area contributed by atoms with Gasteiger partial charge in [-0.15, -0.1) is 0 Å². The maximum Gasteiger partial charge on any atom is 0.417 e. The van der Waals surface area contributed by atoms with E-state index in [9.17, 15) is 18.0 Å². The van der Waals surface area contributed by atoms with Crippen LogP contribution in [0.4, 0.5) is 13.2 Å². The van der Waals surface area contributed by atoms with Gasteiger partial charge in [0.1, 0.15) is 6.10 Å². The third-order valence-corrected chi connectivity index (χ3v) is 3.48. The molecule has 0 bridgehead atoms. The van der Waals surface area contributed by atoms with Crippen LogP contribution in [0.3, 0.4) is 0 Å². The quantitative estimate of drug-likeness (QED) is 0.801. The van der Waals surface area contributed by atoms with Crippen molar-refractivity contribution < 1.29 is 22.7 Å². The minimum atomic E-state index is -4.54. The molecule has 6 heteroatoms. The van der Waals surface area contributed by atoms with Crippen molar-refractivity contribution >= 4 is 5.78 Å². The summed E-state index contributed by atoms with van der Waals surface area (Å²) in [7, 11) is 0. The van der Waals surface area contributed by atoms with Gasteiger partial charge >= 0.3 is 6.18 Å². The number of rotatable bonds is 4. The lowest BCUT2D eigenvalue weighted by molar-refractivity contribution is -0.138. The lowest BCUT2D eigenvalue weighted by Gasteiger charge is -2.32. The van der Waals surface area contributed by atoms with Crippen LogP contribution in [0.5, 0.6) is 0 Å². The number of ketones is 1. The number of hydrogen-bond donors (Lipinski definition) is 0. The molecular weight excluding hydrogens is 283 g/mol. The molecule has 0 radical (unpaired) electrons. The number of carbonyl (C=O) groups excluding carboxylic acids is 1. The van der Waals surface area contributed by atoms with E-state index in [1.807, 2.05) is 11.8 Å². The number of nitrogens with zero attached hydrogens (tertiary/aromatic N) is 1. The van der Waals surface area contributed by atoms with Crippen LogP contribution in [0, 0.1) is 0 Å². The number of carbonyl (C=O) groups is 1. The highest BCUT2D eigenvalue weighted by molar-refractivity contribution is 6.01. The summed E-state index contributed by atoms with van der Waals surface area (Å²) >= 11 is 0. The van der Waals surface area contributed by atoms with E-state index in [2.05, 4.69) is 0 Å². The smallest absolute Gasteiger partial charge is 0.367 e. The summed E-state index contributed by atoms with van der Waals surface area (Å²) in [5.41, 5.74) is -1.21. The van der Waals surface area contributed by atoms with Crippen molar-refractivity contribution in [1.29, 1.82) is 0 Å². The summed E-state index contributed by atoms with van der Waals surface area (Å²) in [5, 5.41) is 0. The van der Waals surface area contributed by atoms with Gasteiger partial charge < -0.3 is 4.74 Å². The molecule has 1 aliphatic heterocycles. The zero-order chi connectivity index (χ0) is 15.5. The monoisotopic (exact) mass is 301 g/mol. The van der Waals surface area contributed by atoms with Gasteiger partial charge in [0, 0.05) is 18.7 Å². The number of halogens is 3. The Kier molecular flexibility index (Phi) is 5.00. The fourth-order valence-electron chi connectivity index (χ4n) is 2.50. The number of morpholine rings is 1. The molecule has 0 aliphatic carbocycles. The molecule has 0 spiro atoms. The molecule has 1 fully saturated rings. The van der Waals surface area contributed by atoms with Crippen LogP contribution >= 0.6 is 0 Å². The Labute approximate surface area is 121 Å². The number of benzene rings is 1. The minimum absolute atomic E-state index is 0.312. The third kappa shape index (κ3) is 3.83. The Bertz CT molecular complexity index is 500. The van der Waals surface area contributed by atoms with E-state index < -0.39 is 23.6 Å². The molecule has 1 aromatic carbocycles. The average Bonchev–Trinajstić information content (AvgIpc) is 2.46. The first-order valence-corrected chi connectivity index (χ1v) is 6.98. The third-order valence-electron chi connectivity index (χ3n) is 3.48. The molecule has 0 N–H and O–H groups in total. The molecule has 21 heavy (non-hydrogen) atoms. The molecule has 116 valence electrons. The lowest BCUT2D eigenvalue weighted by Crippen LogP contribution is -2.46. The van der Waals surface area contributed by atoms with Crippen molar-refractivity contribution in [1.82, 2.24) is 4.90 Å². The number of hydrogen-bond acceptors (Lipinski definition) is 3. The van der Waals surface area contributed by atoms with Gasteiger partial charge in [-0.05, 0) is 19.0 Å². The number of Topliss-reactive ketones (excluding diaryl/α,β-unsaturated/α-hetero) is 1. The van der Waals surface area contributed by atoms with Crippen molar-refractivity contribution in [2.75, 3.05) is 26.2 Å². The molecule has 1 saturated heterocycles. The van der Waals surface area contributed by atoms with Gasteiger partial charge in [0.2, 0.25) is 0 Å². The maximum atomic E-state index is 13.0. The molecular formula is C15H18F3NO2. The Balaban J connectivity index is 2.20. The summed E-state index contributed by atoms with van der Waals surface area (Å²) in [5.74, 6) is -0.594. The Morgan fingerprint density at radius 3 is 2.76 bits per heavy atom. The second kappa shape index (κ2) is 6.58. The predicted molar refractivity (Wildman–Crippen MR) is 72.2 cm³/mol. The highest BCUT2D eigenvalue weighted by Crippen LogP contribution is 2.32. The van der Waals surface area contributed by atoms with Crippen LogP contribution in [0.2, 0.25) is 0 Å². The molecule has 3 nitrogen and oxygen atoms in total. The van der Waals surface area contributed by atoms with E-state index in [4.69, 9.17) is 4.74 Å². The number of alkyl halides is 3. The molecule has 1 aromatic rings. The van der Waals surface area contributed by atoms with E-state index >= 15 is 0 Å². The summed E-state index contributed by atoms with van der Waals surface area (Å²) in [4.78, 5) is 14.4. The van der Waals surface area contributed by atoms with E-state index in [1.54, 1.807) is 0 Å². The fourth-order valence-corrected chi connectivity index (χ4v) is 2.50. The Morgan fingerprint density at radius 1 is 1.38 bits per heavy atom. The summed E-state index contributed by atoms with van der Waals surface area (Å²) in [6.45, 7) is 4.25. The summed E-state index contributed by atoms with van der Waals surface area (Å²) in [6.07, 6.45) is -4.43. The second-order valence-corrected chi connectivity index (χ2v) is 5.07. The Morgan fingerprint density at radius 2 is 2.10 bits per heavy atom. The zero-order valence-corrected chi connectivity index (χ0v) is 11.8. The van der Waals surface area contributed by atoms with Crippen molar-refractivity contribution in [2.24, 2.45) is 0 Å². The summed E-state index contributed by atoms with van der Waals surface area (Å²) in [6, 6.07) is 4.87. The molecule has 1 heterocycles. The van der Waals surface area contributed by atoms with Crippen molar-refractivity contribution in [2.45, 2.75) is 25.6 Å². The van der Waals surface area contributed by atoms with Crippen LogP contribution in [0.25, 0.3) is 0 Å². The largest absolute Gasteiger partial charge is 0.417 e. The van der Waals surface area contributed by atoms with Gasteiger partial charge in [0.05, 0.1) is 12.2 Å². The highest BCUT2D eigenvalue weighted by Gasteiger charge is 2.37. The van der Waals surface area contributed by atoms with Crippen LogP contribution in [0.1, 0.15) is 29.3 Å². The minimum Gasteiger partial charge on any atom is -0.367 e. The first-order chi connectivity index (χ1) is 9.93. The lowest BCUT2D eigenvalue weighted by atomic mass is 9.99. The predicted octanol–water partition coefficient (Wildman–Crippen LogP) is 3.00. The Hall–Kier alpha value is -1.40. The van der Waals surface area contributed by atoms with Crippen LogP contribution in [0.15, 0.2) is 24.3 Å². The van der Waals surface area contributed by atoms with Gasteiger partial charge in [0.15, 0.2) is 5.78 Å². The van der Waals surface area contributed by atoms with Crippen molar-refractivity contribution in [3.05, 3.63) is 35.4 Å². The molecule has 1 aliphatic rings. The molecule has 1 atom stereocenters. The normalized spacial score (nSPS) is 20.5. The van der Waals surface area contributed by atoms with Crippen LogP contribution in [-0.2, 0) is 10.9 Å². The first kappa shape index (κ1) is 16.0. The van der Waals surface area contributed by atoms with Gasteiger partial charge in [0.25, 0.3) is 0 Å². The second-order valence-electron chi connectivity index (χ2n) is 5.07. The van der Waals surface area contributed by atoms with E-state index in [1.165, 1.54) is 18.2 Å². The fraction of sp³-hybridized carbons (Fsp3) is 0.533. The average molecular weight is 301 g/mol. The van der Waals surface area contributed by atoms with E-state index in [0.29, 0.717) is 19.7 Å². The first-order valence-electron chi connectivity index (χ1n) is 6.98. The van der Waals surface area contributed by atoms with E-state index in [0.717, 1.165) is 19.0 Å². The molecule has 2 rings (SSSR count). The van der Waals surface area contributed by atoms with Gasteiger partial charge in [-0.3, -0.25) is 9.69 Å². The standard InChI is InChI=1S/C15H18F3NO2/c1-2-7-19-8-9-21-13(10-19)14(20)11-5-3-4-6-12(11)15(16,17)18/h3-6,13H,2,7-10H2,1H3. The van der Waals surface area contributed by atoms with Gasteiger partial charge in [-0.2, -0.15) is 13.2 Å². The summed E-state index contributed by atoms with van der Waals surface area (Å²) < 4.78 is 44.3. The zero-order valence-electron chi connectivity index (χ0n) is 11.8. The topological polar surface area (TPSA) is 29.5 Å². The maximum absolute atomic E-state index is 13.0. The molecule has 0 aromatic heterocycles. The van der Waals surface area contributed by atoms with Crippen molar-refractivity contribution in [3.63, 3.8) is 0 Å². The SMILES string of the molecule is CCCN1CCOC(C(=O)c2ccccc2C(F)(F)F)C1. The molecule has 0 saturated carbocycles. The van der Waals surface area contributed by atoms with Crippen molar-refractivity contribution in [3.8, 4) is 0 Å². The molecule has 0 amide bonds. The van der Waals surface area contributed by atoms with Gasteiger partial charge in [-0.25, -0.2) is 0 Å².